The van der Waals surface area contributed by atoms with Crippen molar-refractivity contribution in [3.8, 4) is 23.4 Å². The molecular weight excluding hydrogens is 392 g/mol. The van der Waals surface area contributed by atoms with Crippen molar-refractivity contribution in [1.29, 1.82) is 5.26 Å². The summed E-state index contributed by atoms with van der Waals surface area (Å²) in [4.78, 5) is 23.7. The highest BCUT2D eigenvalue weighted by Gasteiger charge is 2.37. The number of hydrogen-bond donors (Lipinski definition) is 0. The van der Waals surface area contributed by atoms with E-state index in [0.29, 0.717) is 24.6 Å². The summed E-state index contributed by atoms with van der Waals surface area (Å²) in [6.45, 7) is 1.09. The summed E-state index contributed by atoms with van der Waals surface area (Å²) in [5, 5.41) is 9.24. The van der Waals surface area contributed by atoms with Crippen molar-refractivity contribution >= 4 is 5.91 Å². The molecule has 2 aliphatic heterocycles. The van der Waals surface area contributed by atoms with E-state index < -0.39 is 5.92 Å². The fourth-order valence-corrected chi connectivity index (χ4v) is 4.24. The van der Waals surface area contributed by atoms with Crippen molar-refractivity contribution in [2.45, 2.75) is 24.9 Å². The predicted octanol–water partition coefficient (Wildman–Crippen LogP) is 3.66. The number of nitriles is 1. The number of rotatable bonds is 3. The molecule has 1 atom stereocenters. The molecular formula is C24H20N4O3. The Bertz CT molecular complexity index is 1130. The fraction of sp³-hybridized carbons (Fsp3) is 0.250. The smallest absolute Gasteiger partial charge is 0.251 e. The lowest BCUT2D eigenvalue weighted by Gasteiger charge is -2.36. The third kappa shape index (κ3) is 3.57. The number of piperidine rings is 1. The van der Waals surface area contributed by atoms with Crippen molar-refractivity contribution in [2.24, 2.45) is 0 Å². The Morgan fingerprint density at radius 3 is 2.45 bits per heavy atom. The van der Waals surface area contributed by atoms with E-state index in [9.17, 15) is 10.1 Å². The molecule has 1 fully saturated rings. The number of carbonyl (C=O) groups is 1. The zero-order valence-corrected chi connectivity index (χ0v) is 16.8. The number of carbonyl (C=O) groups excluding carboxylic acids is 1. The molecule has 1 aromatic heterocycles. The first kappa shape index (κ1) is 19.1. The van der Waals surface area contributed by atoms with Crippen LogP contribution in [0.2, 0.25) is 0 Å². The molecule has 0 spiro atoms. The Morgan fingerprint density at radius 2 is 1.74 bits per heavy atom. The quantitative estimate of drug-likeness (QED) is 0.652. The Kier molecular flexibility index (Phi) is 4.97. The maximum Gasteiger partial charge on any atom is 0.251 e. The van der Waals surface area contributed by atoms with Crippen LogP contribution >= 0.6 is 0 Å². The van der Waals surface area contributed by atoms with Gasteiger partial charge in [0.15, 0.2) is 0 Å². The lowest BCUT2D eigenvalue weighted by Crippen LogP contribution is -2.46. The maximum absolute atomic E-state index is 13.7. The molecule has 0 radical (unpaired) electrons. The van der Waals surface area contributed by atoms with Gasteiger partial charge in [-0.3, -0.25) is 4.79 Å². The van der Waals surface area contributed by atoms with Crippen molar-refractivity contribution in [1.82, 2.24) is 14.9 Å². The number of amides is 1. The minimum absolute atomic E-state index is 0.0242. The van der Waals surface area contributed by atoms with Gasteiger partial charge < -0.3 is 14.4 Å². The number of hydrogen-bond acceptors (Lipinski definition) is 6. The van der Waals surface area contributed by atoms with Crippen LogP contribution in [-0.4, -0.2) is 40.0 Å². The number of benzene rings is 2. The molecule has 7 heteroatoms. The zero-order chi connectivity index (χ0) is 21.2. The van der Waals surface area contributed by atoms with Crippen LogP contribution < -0.4 is 9.47 Å². The van der Waals surface area contributed by atoms with Crippen LogP contribution in [0.3, 0.4) is 0 Å². The first-order valence-electron chi connectivity index (χ1n) is 10.3. The second-order valence-electron chi connectivity index (χ2n) is 7.60. The molecule has 0 N–H and O–H groups in total. The normalized spacial score (nSPS) is 17.6. The fourth-order valence-electron chi connectivity index (χ4n) is 4.24. The van der Waals surface area contributed by atoms with Gasteiger partial charge >= 0.3 is 0 Å². The van der Waals surface area contributed by atoms with Gasteiger partial charge in [-0.15, -0.1) is 0 Å². The van der Waals surface area contributed by atoms with Gasteiger partial charge in [-0.1, -0.05) is 36.4 Å². The Hall–Kier alpha value is -3.92. The van der Waals surface area contributed by atoms with Crippen LogP contribution in [0.4, 0.5) is 0 Å². The van der Waals surface area contributed by atoms with Gasteiger partial charge in [-0.05, 0) is 25.0 Å². The van der Waals surface area contributed by atoms with E-state index in [-0.39, 0.29) is 23.6 Å². The molecule has 1 amide bonds. The van der Waals surface area contributed by atoms with E-state index in [4.69, 9.17) is 9.47 Å². The Morgan fingerprint density at radius 1 is 1.06 bits per heavy atom. The minimum atomic E-state index is -0.425. The molecule has 31 heavy (non-hydrogen) atoms. The van der Waals surface area contributed by atoms with E-state index in [1.54, 1.807) is 0 Å². The van der Waals surface area contributed by atoms with Crippen LogP contribution in [0.1, 0.15) is 35.6 Å². The number of aromatic nitrogens is 2. The highest BCUT2D eigenvalue weighted by atomic mass is 16.5. The molecule has 0 aliphatic carbocycles. The van der Waals surface area contributed by atoms with Crippen molar-refractivity contribution in [3.63, 3.8) is 0 Å². The maximum atomic E-state index is 13.7. The van der Waals surface area contributed by atoms with E-state index in [2.05, 4.69) is 9.97 Å². The molecule has 0 saturated carbocycles. The molecule has 3 heterocycles. The summed E-state index contributed by atoms with van der Waals surface area (Å²) >= 11 is 0. The molecule has 7 nitrogen and oxygen atoms in total. The van der Waals surface area contributed by atoms with Crippen LogP contribution in [0, 0.1) is 11.3 Å². The largest absolute Gasteiger partial charge is 0.470 e. The van der Waals surface area contributed by atoms with Crippen LogP contribution in [0.25, 0.3) is 0 Å². The third-order valence-electron chi connectivity index (χ3n) is 5.67. The van der Waals surface area contributed by atoms with Crippen molar-refractivity contribution in [2.75, 3.05) is 13.1 Å². The van der Waals surface area contributed by atoms with Gasteiger partial charge in [-0.25, -0.2) is 9.97 Å². The SMILES string of the molecule is N#Cc1nccnc1OC1CCCN(C(=O)C2c3ccccc3Oc3ccccc32)C1. The van der Waals surface area contributed by atoms with Gasteiger partial charge in [0.2, 0.25) is 11.6 Å². The zero-order valence-electron chi connectivity index (χ0n) is 16.8. The molecule has 0 bridgehead atoms. The standard InChI is InChI=1S/C24H20N4O3/c25-14-19-23(27-12-11-26-19)30-16-6-5-13-28(15-16)24(29)22-17-7-1-3-9-20(17)31-21-10-4-2-8-18(21)22/h1-4,7-12,16,22H,5-6,13,15H2. The second kappa shape index (κ2) is 8.07. The van der Waals surface area contributed by atoms with Crippen LogP contribution in [0.5, 0.6) is 17.4 Å². The molecule has 5 rings (SSSR count). The summed E-state index contributed by atoms with van der Waals surface area (Å²) in [7, 11) is 0. The van der Waals surface area contributed by atoms with Crippen molar-refractivity contribution in [3.05, 3.63) is 77.7 Å². The van der Waals surface area contributed by atoms with Gasteiger partial charge in [-0.2, -0.15) is 5.26 Å². The Balaban J connectivity index is 1.41. The Labute approximate surface area is 179 Å². The van der Waals surface area contributed by atoms with Gasteiger partial charge in [0, 0.05) is 30.1 Å². The second-order valence-corrected chi connectivity index (χ2v) is 7.60. The van der Waals surface area contributed by atoms with E-state index in [1.807, 2.05) is 59.5 Å². The molecule has 1 unspecified atom stereocenters. The van der Waals surface area contributed by atoms with Crippen LogP contribution in [0.15, 0.2) is 60.9 Å². The highest BCUT2D eigenvalue weighted by Crippen LogP contribution is 2.44. The number of para-hydroxylation sites is 2. The lowest BCUT2D eigenvalue weighted by molar-refractivity contribution is -0.134. The van der Waals surface area contributed by atoms with Gasteiger partial charge in [0.25, 0.3) is 5.88 Å². The first-order chi connectivity index (χ1) is 15.2. The molecule has 154 valence electrons. The van der Waals surface area contributed by atoms with Crippen molar-refractivity contribution < 1.29 is 14.3 Å². The summed E-state index contributed by atoms with van der Waals surface area (Å²) in [6.07, 6.45) is 4.31. The van der Waals surface area contributed by atoms with Crippen LogP contribution in [-0.2, 0) is 4.79 Å². The summed E-state index contributed by atoms with van der Waals surface area (Å²) in [5.41, 5.74) is 1.89. The van der Waals surface area contributed by atoms with E-state index in [1.165, 1.54) is 12.4 Å². The third-order valence-corrected chi connectivity index (χ3v) is 5.67. The topological polar surface area (TPSA) is 88.3 Å². The summed E-state index contributed by atoms with van der Waals surface area (Å²) in [5.74, 6) is 1.23. The summed E-state index contributed by atoms with van der Waals surface area (Å²) in [6, 6.07) is 17.4. The predicted molar refractivity (Wildman–Crippen MR) is 112 cm³/mol. The highest BCUT2D eigenvalue weighted by molar-refractivity contribution is 5.89. The van der Waals surface area contributed by atoms with Gasteiger partial charge in [0.1, 0.15) is 23.7 Å². The summed E-state index contributed by atoms with van der Waals surface area (Å²) < 4.78 is 12.0. The monoisotopic (exact) mass is 412 g/mol. The lowest BCUT2D eigenvalue weighted by atomic mass is 9.86. The average molecular weight is 412 g/mol. The van der Waals surface area contributed by atoms with E-state index >= 15 is 0 Å². The molecule has 1 saturated heterocycles. The molecule has 2 aliphatic rings. The minimum Gasteiger partial charge on any atom is -0.470 e. The first-order valence-corrected chi connectivity index (χ1v) is 10.3. The number of likely N-dealkylation sites (tertiary alicyclic amines) is 1. The number of ether oxygens (including phenoxy) is 2. The number of fused-ring (bicyclic) bond motifs is 2. The number of nitrogens with zero attached hydrogens (tertiary/aromatic N) is 4. The molecule has 3 aromatic rings. The average Bonchev–Trinajstić information content (AvgIpc) is 2.82. The van der Waals surface area contributed by atoms with E-state index in [0.717, 1.165) is 24.0 Å². The van der Waals surface area contributed by atoms with Gasteiger partial charge in [0.05, 0.1) is 12.5 Å². The molecule has 2 aromatic carbocycles.